The van der Waals surface area contributed by atoms with Gasteiger partial charge in [0.25, 0.3) is 0 Å². The third kappa shape index (κ3) is 4.01. The first kappa shape index (κ1) is 14.0. The van der Waals surface area contributed by atoms with Crippen LogP contribution in [0.1, 0.15) is 32.6 Å². The summed E-state index contributed by atoms with van der Waals surface area (Å²) < 4.78 is 0. The van der Waals surface area contributed by atoms with Gasteiger partial charge in [-0.3, -0.25) is 4.79 Å². The van der Waals surface area contributed by atoms with Crippen LogP contribution in [0.15, 0.2) is 0 Å². The van der Waals surface area contributed by atoms with Crippen molar-refractivity contribution in [3.63, 3.8) is 0 Å². The maximum atomic E-state index is 11.2. The van der Waals surface area contributed by atoms with Gasteiger partial charge in [-0.05, 0) is 32.2 Å². The van der Waals surface area contributed by atoms with Crippen molar-refractivity contribution in [1.29, 1.82) is 5.26 Å². The second-order valence-electron chi connectivity index (χ2n) is 5.12. The summed E-state index contributed by atoms with van der Waals surface area (Å²) in [6.45, 7) is 2.97. The van der Waals surface area contributed by atoms with Crippen LogP contribution in [0, 0.1) is 23.2 Å². The zero-order chi connectivity index (χ0) is 12.8. The van der Waals surface area contributed by atoms with E-state index >= 15 is 0 Å². The topological polar surface area (TPSA) is 56.1 Å². The van der Waals surface area contributed by atoms with Crippen molar-refractivity contribution < 1.29 is 4.79 Å². The van der Waals surface area contributed by atoms with E-state index in [2.05, 4.69) is 23.2 Å². The van der Waals surface area contributed by atoms with Crippen LogP contribution >= 0.6 is 0 Å². The van der Waals surface area contributed by atoms with Crippen LogP contribution in [-0.4, -0.2) is 37.5 Å². The molecule has 1 rings (SSSR count). The van der Waals surface area contributed by atoms with E-state index in [-0.39, 0.29) is 11.8 Å². The Morgan fingerprint density at radius 2 is 2.24 bits per heavy atom. The molecule has 0 aromatic carbocycles. The third-order valence-electron chi connectivity index (χ3n) is 3.78. The molecule has 1 aliphatic carbocycles. The van der Waals surface area contributed by atoms with E-state index in [4.69, 9.17) is 5.26 Å². The van der Waals surface area contributed by atoms with Crippen molar-refractivity contribution in [3.8, 4) is 6.07 Å². The second-order valence-corrected chi connectivity index (χ2v) is 5.12. The fourth-order valence-corrected chi connectivity index (χ4v) is 2.56. The molecule has 96 valence electrons. The molecule has 1 N–H and O–H groups in total. The average Bonchev–Trinajstić information content (AvgIpc) is 2.35. The van der Waals surface area contributed by atoms with E-state index in [1.807, 2.05) is 7.05 Å². The summed E-state index contributed by atoms with van der Waals surface area (Å²) in [6, 6.07) is 2.73. The molecular formula is C13H23N3O. The summed E-state index contributed by atoms with van der Waals surface area (Å²) in [6.07, 6.45) is 3.73. The van der Waals surface area contributed by atoms with Crippen molar-refractivity contribution >= 4 is 5.91 Å². The average molecular weight is 237 g/mol. The Morgan fingerprint density at radius 3 is 2.82 bits per heavy atom. The fourth-order valence-electron chi connectivity index (χ4n) is 2.56. The predicted molar refractivity (Wildman–Crippen MR) is 67.2 cm³/mol. The van der Waals surface area contributed by atoms with E-state index in [0.29, 0.717) is 18.4 Å². The maximum absolute atomic E-state index is 11.2. The van der Waals surface area contributed by atoms with Gasteiger partial charge in [0.2, 0.25) is 5.91 Å². The Balaban J connectivity index is 2.50. The standard InChI is InChI=1S/C13H23N3O/c1-10-4-5-11(9-14)12(8-10)16(3)7-6-13(17)15-2/h10-12H,4-8H2,1-3H3,(H,15,17). The number of amides is 1. The number of hydrogen-bond acceptors (Lipinski definition) is 3. The van der Waals surface area contributed by atoms with Crippen LogP contribution in [0.25, 0.3) is 0 Å². The monoisotopic (exact) mass is 237 g/mol. The lowest BCUT2D eigenvalue weighted by Gasteiger charge is -2.37. The molecule has 17 heavy (non-hydrogen) atoms. The summed E-state index contributed by atoms with van der Waals surface area (Å²) in [4.78, 5) is 13.4. The molecule has 4 heteroatoms. The summed E-state index contributed by atoms with van der Waals surface area (Å²) in [5.41, 5.74) is 0. The minimum absolute atomic E-state index is 0.0641. The molecule has 0 radical (unpaired) electrons. The Bertz CT molecular complexity index is 298. The summed E-state index contributed by atoms with van der Waals surface area (Å²) in [5, 5.41) is 11.8. The van der Waals surface area contributed by atoms with Crippen molar-refractivity contribution in [2.45, 2.75) is 38.6 Å². The molecule has 4 nitrogen and oxygen atoms in total. The molecule has 1 aliphatic rings. The van der Waals surface area contributed by atoms with Gasteiger partial charge >= 0.3 is 0 Å². The maximum Gasteiger partial charge on any atom is 0.221 e. The van der Waals surface area contributed by atoms with Crippen LogP contribution in [0.5, 0.6) is 0 Å². The lowest BCUT2D eigenvalue weighted by atomic mass is 9.79. The van der Waals surface area contributed by atoms with Crippen LogP contribution in [0.2, 0.25) is 0 Å². The van der Waals surface area contributed by atoms with E-state index in [1.54, 1.807) is 7.05 Å². The Morgan fingerprint density at radius 1 is 1.53 bits per heavy atom. The number of nitrogens with one attached hydrogen (secondary N) is 1. The van der Waals surface area contributed by atoms with Gasteiger partial charge < -0.3 is 10.2 Å². The highest BCUT2D eigenvalue weighted by molar-refractivity contribution is 5.75. The number of nitrogens with zero attached hydrogens (tertiary/aromatic N) is 2. The zero-order valence-corrected chi connectivity index (χ0v) is 11.1. The summed E-state index contributed by atoms with van der Waals surface area (Å²) in [5.74, 6) is 0.877. The molecule has 0 bridgehead atoms. The second kappa shape index (κ2) is 6.61. The van der Waals surface area contributed by atoms with Crippen LogP contribution < -0.4 is 5.32 Å². The van der Waals surface area contributed by atoms with E-state index in [9.17, 15) is 4.79 Å². The largest absolute Gasteiger partial charge is 0.359 e. The van der Waals surface area contributed by atoms with Crippen molar-refractivity contribution in [1.82, 2.24) is 10.2 Å². The van der Waals surface area contributed by atoms with Crippen molar-refractivity contribution in [2.24, 2.45) is 11.8 Å². The van der Waals surface area contributed by atoms with Gasteiger partial charge in [0.05, 0.1) is 12.0 Å². The minimum atomic E-state index is 0.0641. The molecular weight excluding hydrogens is 214 g/mol. The number of nitriles is 1. The molecule has 0 aromatic heterocycles. The fraction of sp³-hybridized carbons (Fsp3) is 0.846. The first-order valence-electron chi connectivity index (χ1n) is 6.39. The van der Waals surface area contributed by atoms with Crippen molar-refractivity contribution in [3.05, 3.63) is 0 Å². The summed E-state index contributed by atoms with van der Waals surface area (Å²) >= 11 is 0. The van der Waals surface area contributed by atoms with Gasteiger partial charge in [0, 0.05) is 26.1 Å². The molecule has 3 atom stereocenters. The first-order chi connectivity index (χ1) is 8.08. The summed E-state index contributed by atoms with van der Waals surface area (Å²) in [7, 11) is 3.68. The molecule has 0 aliphatic heterocycles. The highest BCUT2D eigenvalue weighted by Gasteiger charge is 2.31. The number of carbonyl (C=O) groups excluding carboxylic acids is 1. The number of carbonyl (C=O) groups is 1. The SMILES string of the molecule is CNC(=O)CCN(C)C1CC(C)CCC1C#N. The molecule has 1 fully saturated rings. The van der Waals surface area contributed by atoms with E-state index < -0.39 is 0 Å². The van der Waals surface area contributed by atoms with Crippen LogP contribution in [0.3, 0.4) is 0 Å². The Hall–Kier alpha value is -1.08. The molecule has 0 saturated heterocycles. The Kier molecular flexibility index (Phi) is 5.43. The van der Waals surface area contributed by atoms with Gasteiger partial charge in [-0.25, -0.2) is 0 Å². The van der Waals surface area contributed by atoms with E-state index in [0.717, 1.165) is 25.8 Å². The highest BCUT2D eigenvalue weighted by Crippen LogP contribution is 2.31. The molecule has 3 unspecified atom stereocenters. The minimum Gasteiger partial charge on any atom is -0.359 e. The van der Waals surface area contributed by atoms with Crippen LogP contribution in [0.4, 0.5) is 0 Å². The lowest BCUT2D eigenvalue weighted by molar-refractivity contribution is -0.121. The molecule has 1 saturated carbocycles. The van der Waals surface area contributed by atoms with Gasteiger partial charge in [-0.15, -0.1) is 0 Å². The smallest absolute Gasteiger partial charge is 0.221 e. The predicted octanol–water partition coefficient (Wildman–Crippen LogP) is 1.38. The normalized spacial score (nSPS) is 28.8. The third-order valence-corrected chi connectivity index (χ3v) is 3.78. The van der Waals surface area contributed by atoms with Gasteiger partial charge in [-0.2, -0.15) is 5.26 Å². The lowest BCUT2D eigenvalue weighted by Crippen LogP contribution is -2.42. The van der Waals surface area contributed by atoms with Crippen LogP contribution in [-0.2, 0) is 4.79 Å². The number of hydrogen-bond donors (Lipinski definition) is 1. The Labute approximate surface area is 104 Å². The van der Waals surface area contributed by atoms with Gasteiger partial charge in [0.1, 0.15) is 0 Å². The first-order valence-corrected chi connectivity index (χ1v) is 6.39. The zero-order valence-electron chi connectivity index (χ0n) is 11.1. The number of rotatable bonds is 4. The van der Waals surface area contributed by atoms with Gasteiger partial charge in [0.15, 0.2) is 0 Å². The van der Waals surface area contributed by atoms with E-state index in [1.165, 1.54) is 0 Å². The van der Waals surface area contributed by atoms with Gasteiger partial charge in [-0.1, -0.05) is 6.92 Å². The molecule has 0 spiro atoms. The molecule has 0 aromatic rings. The molecule has 1 amide bonds. The quantitative estimate of drug-likeness (QED) is 0.803. The highest BCUT2D eigenvalue weighted by atomic mass is 16.1. The van der Waals surface area contributed by atoms with Crippen molar-refractivity contribution in [2.75, 3.05) is 20.6 Å². The molecule has 0 heterocycles.